The third-order valence-electron chi connectivity index (χ3n) is 3.87. The predicted molar refractivity (Wildman–Crippen MR) is 80.6 cm³/mol. The molecule has 1 aliphatic rings. The van der Waals surface area contributed by atoms with Crippen molar-refractivity contribution in [3.05, 3.63) is 29.5 Å². The van der Waals surface area contributed by atoms with Gasteiger partial charge in [-0.15, -0.1) is 11.3 Å². The van der Waals surface area contributed by atoms with Crippen LogP contribution in [0.1, 0.15) is 25.1 Å². The number of aromatic nitrogens is 2. The van der Waals surface area contributed by atoms with Crippen LogP contribution in [-0.2, 0) is 18.3 Å². The molecule has 0 bridgehead atoms. The number of rotatable bonds is 5. The van der Waals surface area contributed by atoms with E-state index in [-0.39, 0.29) is 11.8 Å². The second-order valence-corrected chi connectivity index (χ2v) is 6.25. The van der Waals surface area contributed by atoms with Crippen LogP contribution in [-0.4, -0.2) is 22.0 Å². The van der Waals surface area contributed by atoms with E-state index in [4.69, 9.17) is 0 Å². The molecule has 0 radical (unpaired) electrons. The first-order valence-corrected chi connectivity index (χ1v) is 7.96. The minimum atomic E-state index is 0.212. The standard InChI is InChI=1S/C15H19N3OS/c1-18-10-12(13-6-3-9-20-13)17-14(18)7-8-16-15(19)11-4-2-5-11/h3,6,9-11H,2,4-5,7-8H2,1H3,(H,16,19). The van der Waals surface area contributed by atoms with Crippen molar-refractivity contribution >= 4 is 17.2 Å². The number of aryl methyl sites for hydroxylation is 1. The molecule has 0 saturated heterocycles. The van der Waals surface area contributed by atoms with E-state index in [0.717, 1.165) is 30.8 Å². The zero-order chi connectivity index (χ0) is 13.9. The molecule has 1 N–H and O–H groups in total. The highest BCUT2D eigenvalue weighted by atomic mass is 32.1. The summed E-state index contributed by atoms with van der Waals surface area (Å²) in [6.07, 6.45) is 6.13. The van der Waals surface area contributed by atoms with Gasteiger partial charge in [0.1, 0.15) is 5.82 Å². The number of thiophene rings is 1. The highest BCUT2D eigenvalue weighted by molar-refractivity contribution is 7.13. The molecule has 1 amide bonds. The second kappa shape index (κ2) is 5.79. The lowest BCUT2D eigenvalue weighted by Gasteiger charge is -2.23. The number of hydrogen-bond acceptors (Lipinski definition) is 3. The van der Waals surface area contributed by atoms with Gasteiger partial charge in [0, 0.05) is 32.1 Å². The average molecular weight is 289 g/mol. The Morgan fingerprint density at radius 2 is 2.40 bits per heavy atom. The molecule has 2 heterocycles. The Hall–Kier alpha value is -1.62. The van der Waals surface area contributed by atoms with Crippen LogP contribution in [0.3, 0.4) is 0 Å². The molecule has 0 spiro atoms. The van der Waals surface area contributed by atoms with Gasteiger partial charge in [-0.1, -0.05) is 12.5 Å². The molecule has 1 fully saturated rings. The van der Waals surface area contributed by atoms with Crippen molar-refractivity contribution in [3.63, 3.8) is 0 Å². The highest BCUT2D eigenvalue weighted by Gasteiger charge is 2.24. The third kappa shape index (κ3) is 2.77. The fraction of sp³-hybridized carbons (Fsp3) is 0.467. The van der Waals surface area contributed by atoms with Gasteiger partial charge in [-0.25, -0.2) is 4.98 Å². The Labute approximate surface area is 122 Å². The van der Waals surface area contributed by atoms with E-state index < -0.39 is 0 Å². The Morgan fingerprint density at radius 3 is 3.05 bits per heavy atom. The molecule has 3 rings (SSSR count). The number of carbonyl (C=O) groups is 1. The van der Waals surface area contributed by atoms with Crippen molar-refractivity contribution in [1.82, 2.24) is 14.9 Å². The van der Waals surface area contributed by atoms with Crippen molar-refractivity contribution in [2.24, 2.45) is 13.0 Å². The average Bonchev–Trinajstić information content (AvgIpc) is 2.97. The van der Waals surface area contributed by atoms with Crippen LogP contribution >= 0.6 is 11.3 Å². The summed E-state index contributed by atoms with van der Waals surface area (Å²) in [4.78, 5) is 17.6. The van der Waals surface area contributed by atoms with Gasteiger partial charge in [0.2, 0.25) is 5.91 Å². The number of imidazole rings is 1. The molecule has 20 heavy (non-hydrogen) atoms. The van der Waals surface area contributed by atoms with Crippen LogP contribution in [0.15, 0.2) is 23.7 Å². The van der Waals surface area contributed by atoms with Gasteiger partial charge in [0.05, 0.1) is 10.6 Å². The molecule has 0 aliphatic heterocycles. The lowest BCUT2D eigenvalue weighted by atomic mass is 9.85. The minimum absolute atomic E-state index is 0.212. The molecule has 1 aliphatic carbocycles. The largest absolute Gasteiger partial charge is 0.355 e. The van der Waals surface area contributed by atoms with Crippen LogP contribution in [0, 0.1) is 5.92 Å². The van der Waals surface area contributed by atoms with E-state index in [2.05, 4.69) is 27.9 Å². The Kier molecular flexibility index (Phi) is 3.87. The van der Waals surface area contributed by atoms with Crippen LogP contribution in [0.5, 0.6) is 0 Å². The highest BCUT2D eigenvalue weighted by Crippen LogP contribution is 2.26. The smallest absolute Gasteiger partial charge is 0.223 e. The van der Waals surface area contributed by atoms with Gasteiger partial charge in [-0.2, -0.15) is 0 Å². The van der Waals surface area contributed by atoms with Crippen molar-refractivity contribution in [2.45, 2.75) is 25.7 Å². The summed E-state index contributed by atoms with van der Waals surface area (Å²) in [5, 5.41) is 5.07. The summed E-state index contributed by atoms with van der Waals surface area (Å²) in [6, 6.07) is 4.11. The SMILES string of the molecule is Cn1cc(-c2cccs2)nc1CCNC(=O)C1CCC1. The van der Waals surface area contributed by atoms with Crippen molar-refractivity contribution in [2.75, 3.05) is 6.54 Å². The fourth-order valence-electron chi connectivity index (χ4n) is 2.39. The van der Waals surface area contributed by atoms with E-state index in [1.165, 1.54) is 11.3 Å². The van der Waals surface area contributed by atoms with Crippen LogP contribution in [0.25, 0.3) is 10.6 Å². The molecule has 2 aromatic heterocycles. The van der Waals surface area contributed by atoms with E-state index in [1.54, 1.807) is 11.3 Å². The van der Waals surface area contributed by atoms with Gasteiger partial charge >= 0.3 is 0 Å². The molecule has 0 atom stereocenters. The summed E-state index contributed by atoms with van der Waals surface area (Å²) in [5.41, 5.74) is 1.02. The molecular formula is C15H19N3OS. The molecule has 2 aromatic rings. The van der Waals surface area contributed by atoms with Crippen LogP contribution in [0.4, 0.5) is 0 Å². The van der Waals surface area contributed by atoms with Gasteiger partial charge in [-0.3, -0.25) is 4.79 Å². The van der Waals surface area contributed by atoms with Crippen molar-refractivity contribution in [1.29, 1.82) is 0 Å². The van der Waals surface area contributed by atoms with Gasteiger partial charge < -0.3 is 9.88 Å². The molecule has 0 unspecified atom stereocenters. The van der Waals surface area contributed by atoms with Crippen LogP contribution < -0.4 is 5.32 Å². The summed E-state index contributed by atoms with van der Waals surface area (Å²) in [6.45, 7) is 0.671. The molecular weight excluding hydrogens is 270 g/mol. The maximum atomic E-state index is 11.8. The lowest BCUT2D eigenvalue weighted by molar-refractivity contribution is -0.127. The van der Waals surface area contributed by atoms with Gasteiger partial charge in [0.15, 0.2) is 0 Å². The monoisotopic (exact) mass is 289 g/mol. The number of nitrogens with one attached hydrogen (secondary N) is 1. The molecule has 0 aromatic carbocycles. The van der Waals surface area contributed by atoms with Crippen molar-refractivity contribution < 1.29 is 4.79 Å². The maximum absolute atomic E-state index is 11.8. The first-order valence-electron chi connectivity index (χ1n) is 7.08. The number of carbonyl (C=O) groups excluding carboxylic acids is 1. The fourth-order valence-corrected chi connectivity index (χ4v) is 3.07. The van der Waals surface area contributed by atoms with E-state index >= 15 is 0 Å². The number of hydrogen-bond donors (Lipinski definition) is 1. The first-order chi connectivity index (χ1) is 9.74. The number of nitrogens with zero attached hydrogens (tertiary/aromatic N) is 2. The van der Waals surface area contributed by atoms with E-state index in [0.29, 0.717) is 6.54 Å². The van der Waals surface area contributed by atoms with Crippen LogP contribution in [0.2, 0.25) is 0 Å². The summed E-state index contributed by atoms with van der Waals surface area (Å²) >= 11 is 1.70. The Morgan fingerprint density at radius 1 is 1.55 bits per heavy atom. The Balaban J connectivity index is 1.56. The normalized spacial score (nSPS) is 15.1. The molecule has 1 saturated carbocycles. The van der Waals surface area contributed by atoms with Gasteiger partial charge in [-0.05, 0) is 24.3 Å². The third-order valence-corrected chi connectivity index (χ3v) is 4.76. The van der Waals surface area contributed by atoms with E-state index in [1.807, 2.05) is 17.7 Å². The summed E-state index contributed by atoms with van der Waals surface area (Å²) in [7, 11) is 2.01. The summed E-state index contributed by atoms with van der Waals surface area (Å²) < 4.78 is 2.05. The second-order valence-electron chi connectivity index (χ2n) is 5.30. The topological polar surface area (TPSA) is 46.9 Å². The molecule has 4 nitrogen and oxygen atoms in total. The lowest BCUT2D eigenvalue weighted by Crippen LogP contribution is -2.35. The Bertz CT molecular complexity index is 584. The summed E-state index contributed by atoms with van der Waals surface area (Å²) in [5.74, 6) is 1.49. The zero-order valence-electron chi connectivity index (χ0n) is 11.6. The maximum Gasteiger partial charge on any atom is 0.223 e. The number of amides is 1. The van der Waals surface area contributed by atoms with E-state index in [9.17, 15) is 4.79 Å². The molecule has 106 valence electrons. The zero-order valence-corrected chi connectivity index (χ0v) is 12.4. The molecule has 5 heteroatoms. The minimum Gasteiger partial charge on any atom is -0.355 e. The van der Waals surface area contributed by atoms with Gasteiger partial charge in [0.25, 0.3) is 0 Å². The van der Waals surface area contributed by atoms with Crippen molar-refractivity contribution in [3.8, 4) is 10.6 Å². The predicted octanol–water partition coefficient (Wildman–Crippen LogP) is 2.61. The quantitative estimate of drug-likeness (QED) is 0.919. The first kappa shape index (κ1) is 13.4.